The summed E-state index contributed by atoms with van der Waals surface area (Å²) in [6.07, 6.45) is 23.8. The van der Waals surface area contributed by atoms with E-state index in [2.05, 4.69) is 38.2 Å². The number of carbonyl (C=O) groups is 2. The summed E-state index contributed by atoms with van der Waals surface area (Å²) >= 11 is 0. The molecule has 1 saturated heterocycles. The first-order chi connectivity index (χ1) is 26.0. The second-order valence-electron chi connectivity index (χ2n) is 14.6. The molecule has 1 aliphatic rings. The number of aliphatic hydroxyl groups is 3. The predicted molar refractivity (Wildman–Crippen MR) is 210 cm³/mol. The molecule has 13 heteroatoms. The third kappa shape index (κ3) is 26.9. The quantitative estimate of drug-likeness (QED) is 0.0216. The van der Waals surface area contributed by atoms with Gasteiger partial charge < -0.3 is 34.3 Å². The fourth-order valence-electron chi connectivity index (χ4n) is 6.18. The zero-order valence-corrected chi connectivity index (χ0v) is 34.1. The Morgan fingerprint density at radius 3 is 1.59 bits per heavy atom. The molecule has 0 radical (unpaired) electrons. The van der Waals surface area contributed by atoms with Crippen LogP contribution >= 0.6 is 0 Å². The Labute approximate surface area is 326 Å². The molecule has 1 aliphatic heterocycles. The molecule has 1 heterocycles. The topological polar surface area (TPSA) is 186 Å². The van der Waals surface area contributed by atoms with Gasteiger partial charge in [-0.25, -0.2) is 0 Å². The summed E-state index contributed by atoms with van der Waals surface area (Å²) < 4.78 is 53.9. The minimum Gasteiger partial charge on any atom is -0.462 e. The van der Waals surface area contributed by atoms with Gasteiger partial charge in [0, 0.05) is 12.8 Å². The molecule has 0 saturated carbocycles. The Bertz CT molecular complexity index is 1110. The van der Waals surface area contributed by atoms with Gasteiger partial charge in [-0.15, -0.1) is 0 Å². The van der Waals surface area contributed by atoms with Crippen molar-refractivity contribution in [2.24, 2.45) is 0 Å². The van der Waals surface area contributed by atoms with Gasteiger partial charge >= 0.3 is 11.9 Å². The second-order valence-corrected chi connectivity index (χ2v) is 16.1. The molecule has 0 amide bonds. The van der Waals surface area contributed by atoms with Crippen LogP contribution in [0.25, 0.3) is 0 Å². The van der Waals surface area contributed by atoms with Crippen molar-refractivity contribution in [2.75, 3.05) is 19.0 Å². The Hall–Kier alpha value is -1.87. The molecule has 2 unspecified atom stereocenters. The van der Waals surface area contributed by atoms with Crippen LogP contribution in [0.15, 0.2) is 24.3 Å². The zero-order valence-electron chi connectivity index (χ0n) is 33.3. The van der Waals surface area contributed by atoms with Crippen LogP contribution in [-0.4, -0.2) is 96.0 Å². The maximum absolute atomic E-state index is 12.7. The zero-order chi connectivity index (χ0) is 39.9. The number of hydrogen-bond donors (Lipinski definition) is 4. The van der Waals surface area contributed by atoms with E-state index in [0.29, 0.717) is 12.8 Å². The molecule has 4 N–H and O–H groups in total. The van der Waals surface area contributed by atoms with Gasteiger partial charge in [-0.2, -0.15) is 8.42 Å². The molecule has 0 spiro atoms. The van der Waals surface area contributed by atoms with E-state index in [1.807, 2.05) is 0 Å². The molecule has 0 aromatic heterocycles. The van der Waals surface area contributed by atoms with Crippen LogP contribution in [0, 0.1) is 0 Å². The van der Waals surface area contributed by atoms with Gasteiger partial charge in [0.05, 0.1) is 6.61 Å². The summed E-state index contributed by atoms with van der Waals surface area (Å²) in [5.41, 5.74) is 0. The third-order valence-corrected chi connectivity index (χ3v) is 10.3. The fraction of sp³-hybridized carbons (Fsp3) is 0.854. The third-order valence-electron chi connectivity index (χ3n) is 9.50. The summed E-state index contributed by atoms with van der Waals surface area (Å²) in [6.45, 7) is 3.68. The lowest BCUT2D eigenvalue weighted by Gasteiger charge is -2.40. The van der Waals surface area contributed by atoms with Gasteiger partial charge in [-0.1, -0.05) is 122 Å². The monoisotopic (exact) mass is 790 g/mol. The summed E-state index contributed by atoms with van der Waals surface area (Å²) in [6, 6.07) is 0. The molecule has 6 atom stereocenters. The number of rotatable bonds is 34. The summed E-state index contributed by atoms with van der Waals surface area (Å²) in [4.78, 5) is 25.3. The van der Waals surface area contributed by atoms with Crippen molar-refractivity contribution in [2.45, 2.75) is 205 Å². The average molecular weight is 791 g/mol. The van der Waals surface area contributed by atoms with E-state index in [9.17, 15) is 37.9 Å². The molecular formula is C41H74O12S. The lowest BCUT2D eigenvalue weighted by molar-refractivity contribution is -0.297. The standard InChI is InChI=1S/C41H74O12S/c1-3-5-7-9-11-13-15-16-17-18-20-21-23-25-27-29-36(42)50-31-34(52-37(43)30-28-26-24-22-19-14-12-10-8-6-4-2)32-51-41-40(46)39(45)38(44)35(53-41)33-54(47,48)49/h10,12-13,15,34-35,38-41,44-46H,3-9,11,14,16-33H2,1-2H3,(H,47,48,49)/b12-10+,15-13+/t34-,35-,38-,39?,40?,41+/m1/s1. The Balaban J connectivity index is 2.48. The predicted octanol–water partition coefficient (Wildman–Crippen LogP) is 7.67. The lowest BCUT2D eigenvalue weighted by Crippen LogP contribution is -2.60. The van der Waals surface area contributed by atoms with Gasteiger partial charge in [0.1, 0.15) is 36.8 Å². The van der Waals surface area contributed by atoms with Gasteiger partial charge in [-0.3, -0.25) is 14.1 Å². The van der Waals surface area contributed by atoms with Crippen molar-refractivity contribution < 1.29 is 56.8 Å². The van der Waals surface area contributed by atoms with Gasteiger partial charge in [-0.05, 0) is 57.8 Å². The van der Waals surface area contributed by atoms with Gasteiger partial charge in [0.25, 0.3) is 10.1 Å². The lowest BCUT2D eigenvalue weighted by atomic mass is 10.00. The van der Waals surface area contributed by atoms with Crippen molar-refractivity contribution in [3.63, 3.8) is 0 Å². The largest absolute Gasteiger partial charge is 0.462 e. The van der Waals surface area contributed by atoms with E-state index in [1.54, 1.807) is 0 Å². The summed E-state index contributed by atoms with van der Waals surface area (Å²) in [7, 11) is -4.60. The van der Waals surface area contributed by atoms with Crippen molar-refractivity contribution in [3.05, 3.63) is 24.3 Å². The number of ether oxygens (including phenoxy) is 4. The summed E-state index contributed by atoms with van der Waals surface area (Å²) in [5.74, 6) is -2.00. The maximum Gasteiger partial charge on any atom is 0.306 e. The van der Waals surface area contributed by atoms with Crippen LogP contribution < -0.4 is 0 Å². The highest BCUT2D eigenvalue weighted by Crippen LogP contribution is 2.24. The first kappa shape index (κ1) is 50.1. The van der Waals surface area contributed by atoms with E-state index in [1.165, 1.54) is 64.2 Å². The number of allylic oxidation sites excluding steroid dienone is 4. The smallest absolute Gasteiger partial charge is 0.306 e. The number of aliphatic hydroxyl groups excluding tert-OH is 3. The maximum atomic E-state index is 12.7. The normalized spacial score (nSPS) is 21.2. The van der Waals surface area contributed by atoms with Crippen LogP contribution in [0.5, 0.6) is 0 Å². The molecule has 0 bridgehead atoms. The van der Waals surface area contributed by atoms with E-state index < -0.39 is 71.2 Å². The van der Waals surface area contributed by atoms with E-state index in [-0.39, 0.29) is 19.4 Å². The Morgan fingerprint density at radius 2 is 1.07 bits per heavy atom. The second kappa shape index (κ2) is 32.2. The highest BCUT2D eigenvalue weighted by Gasteiger charge is 2.46. The average Bonchev–Trinajstić information content (AvgIpc) is 3.13. The molecule has 0 aromatic rings. The van der Waals surface area contributed by atoms with E-state index in [0.717, 1.165) is 64.2 Å². The molecule has 12 nitrogen and oxygen atoms in total. The molecule has 1 rings (SSSR count). The van der Waals surface area contributed by atoms with Crippen LogP contribution in [0.4, 0.5) is 0 Å². The van der Waals surface area contributed by atoms with Crippen molar-refractivity contribution in [3.8, 4) is 0 Å². The Morgan fingerprint density at radius 1 is 0.611 bits per heavy atom. The Kier molecular flexibility index (Phi) is 29.9. The SMILES string of the molecule is CCCC/C=C/CCCCCCCC(=O)O[C@H](COC(=O)CCCCCCCCC/C=C/CCCCCC)CO[C@H]1O[C@H](CS(=O)(=O)O)[C@@H](O)C(O)C1O. The fourth-order valence-corrected chi connectivity index (χ4v) is 6.87. The van der Waals surface area contributed by atoms with E-state index >= 15 is 0 Å². The van der Waals surface area contributed by atoms with E-state index in [4.69, 9.17) is 18.9 Å². The first-order valence-corrected chi connectivity index (χ1v) is 22.5. The van der Waals surface area contributed by atoms with Crippen LogP contribution in [-0.2, 0) is 38.7 Å². The van der Waals surface area contributed by atoms with Crippen LogP contribution in [0.3, 0.4) is 0 Å². The highest BCUT2D eigenvalue weighted by molar-refractivity contribution is 7.85. The van der Waals surface area contributed by atoms with Crippen molar-refractivity contribution in [1.29, 1.82) is 0 Å². The molecule has 54 heavy (non-hydrogen) atoms. The minimum atomic E-state index is -4.60. The number of unbranched alkanes of at least 4 members (excludes halogenated alkanes) is 18. The van der Waals surface area contributed by atoms with Gasteiger partial charge in [0.2, 0.25) is 0 Å². The number of carbonyl (C=O) groups excluding carboxylic acids is 2. The molecule has 0 aliphatic carbocycles. The molecule has 0 aromatic carbocycles. The summed E-state index contributed by atoms with van der Waals surface area (Å²) in [5, 5.41) is 30.8. The number of hydrogen-bond acceptors (Lipinski definition) is 11. The van der Waals surface area contributed by atoms with Crippen LogP contribution in [0.1, 0.15) is 168 Å². The molecule has 316 valence electrons. The van der Waals surface area contributed by atoms with Crippen LogP contribution in [0.2, 0.25) is 0 Å². The van der Waals surface area contributed by atoms with Crippen molar-refractivity contribution in [1.82, 2.24) is 0 Å². The highest BCUT2D eigenvalue weighted by atomic mass is 32.2. The van der Waals surface area contributed by atoms with Gasteiger partial charge in [0.15, 0.2) is 12.4 Å². The molecule has 1 fully saturated rings. The molecular weight excluding hydrogens is 717 g/mol. The minimum absolute atomic E-state index is 0.154. The first-order valence-electron chi connectivity index (χ1n) is 20.9. The number of esters is 2. The van der Waals surface area contributed by atoms with Crippen molar-refractivity contribution >= 4 is 22.1 Å².